The third-order valence-corrected chi connectivity index (χ3v) is 7.43. The van der Waals surface area contributed by atoms with Gasteiger partial charge in [-0.2, -0.15) is 0 Å². The maximum absolute atomic E-state index is 12.8. The summed E-state index contributed by atoms with van der Waals surface area (Å²) in [5, 5.41) is 7.96. The second-order valence-electron chi connectivity index (χ2n) is 8.23. The van der Waals surface area contributed by atoms with Gasteiger partial charge in [-0.25, -0.2) is 13.6 Å². The number of hydrogen-bond donors (Lipinski definition) is 2. The Hall–Kier alpha value is -1.90. The second kappa shape index (κ2) is 7.50. The molecule has 0 saturated carbocycles. The van der Waals surface area contributed by atoms with E-state index in [9.17, 15) is 13.2 Å². The van der Waals surface area contributed by atoms with E-state index in [-0.39, 0.29) is 21.9 Å². The molecule has 1 aromatic carbocycles. The van der Waals surface area contributed by atoms with Gasteiger partial charge in [0.2, 0.25) is 10.0 Å². The van der Waals surface area contributed by atoms with Gasteiger partial charge in [-0.05, 0) is 60.4 Å². The molecule has 0 fully saturated rings. The van der Waals surface area contributed by atoms with Crippen molar-refractivity contribution in [3.63, 3.8) is 0 Å². The van der Waals surface area contributed by atoms with Gasteiger partial charge in [-0.15, -0.1) is 11.3 Å². The zero-order valence-corrected chi connectivity index (χ0v) is 18.2. The van der Waals surface area contributed by atoms with Gasteiger partial charge < -0.3 is 10.1 Å². The third kappa shape index (κ3) is 4.39. The first-order chi connectivity index (χ1) is 13.0. The Morgan fingerprint density at radius 1 is 1.29 bits per heavy atom. The number of nitrogens with two attached hydrogens (primary N) is 1. The number of carbonyl (C=O) groups is 1. The van der Waals surface area contributed by atoms with Gasteiger partial charge in [0.15, 0.2) is 0 Å². The van der Waals surface area contributed by atoms with E-state index in [0.717, 1.165) is 19.3 Å². The van der Waals surface area contributed by atoms with Crippen molar-refractivity contribution in [2.75, 3.05) is 12.4 Å². The first-order valence-electron chi connectivity index (χ1n) is 9.13. The zero-order chi connectivity index (χ0) is 20.7. The van der Waals surface area contributed by atoms with E-state index < -0.39 is 10.0 Å². The van der Waals surface area contributed by atoms with E-state index in [1.165, 1.54) is 47.1 Å². The number of benzene rings is 1. The summed E-state index contributed by atoms with van der Waals surface area (Å²) < 4.78 is 28.5. The Kier molecular flexibility index (Phi) is 5.58. The summed E-state index contributed by atoms with van der Waals surface area (Å²) >= 11 is 1.50. The average molecular weight is 423 g/mol. The van der Waals surface area contributed by atoms with Crippen LogP contribution in [0, 0.1) is 11.3 Å². The highest BCUT2D eigenvalue weighted by Gasteiger charge is 2.30. The molecule has 28 heavy (non-hydrogen) atoms. The quantitative estimate of drug-likeness (QED) is 0.783. The summed E-state index contributed by atoms with van der Waals surface area (Å²) in [6.45, 7) is 6.77. The van der Waals surface area contributed by atoms with Gasteiger partial charge in [0, 0.05) is 4.88 Å². The lowest BCUT2D eigenvalue weighted by atomic mass is 9.72. The molecule has 3 rings (SSSR count). The van der Waals surface area contributed by atoms with Crippen LogP contribution in [0.15, 0.2) is 29.2 Å². The van der Waals surface area contributed by atoms with Crippen LogP contribution in [-0.2, 0) is 22.9 Å². The van der Waals surface area contributed by atoms with Crippen LogP contribution < -0.4 is 15.2 Å². The second-order valence-corrected chi connectivity index (χ2v) is 10.9. The number of hydrogen-bond acceptors (Lipinski definition) is 5. The molecular weight excluding hydrogens is 396 g/mol. The van der Waals surface area contributed by atoms with Crippen LogP contribution in [0.4, 0.5) is 5.69 Å². The number of fused-ring (bicyclic) bond motifs is 1. The Morgan fingerprint density at radius 3 is 2.61 bits per heavy atom. The van der Waals surface area contributed by atoms with Crippen LogP contribution in [0.3, 0.4) is 0 Å². The Morgan fingerprint density at radius 2 is 2.00 bits per heavy atom. The van der Waals surface area contributed by atoms with Crippen molar-refractivity contribution in [1.29, 1.82) is 0 Å². The summed E-state index contributed by atoms with van der Waals surface area (Å²) in [5.41, 5.74) is 1.76. The normalized spacial score (nSPS) is 17.1. The molecule has 0 unspecified atom stereocenters. The molecule has 6 nitrogen and oxygen atoms in total. The van der Waals surface area contributed by atoms with E-state index in [4.69, 9.17) is 9.88 Å². The van der Waals surface area contributed by atoms with Crippen LogP contribution in [0.1, 0.15) is 47.3 Å². The van der Waals surface area contributed by atoms with Crippen molar-refractivity contribution in [2.24, 2.45) is 16.5 Å². The molecule has 0 radical (unpaired) electrons. The van der Waals surface area contributed by atoms with Gasteiger partial charge in [0.25, 0.3) is 5.91 Å². The SMILES string of the molecule is COc1ccc(S(N)(=O)=O)cc1NC(=O)c1cc2c(s1)CC[C@H](C(C)(C)C)C2. The molecule has 3 N–H and O–H groups in total. The van der Waals surface area contributed by atoms with Crippen LogP contribution in [-0.4, -0.2) is 21.4 Å². The number of methoxy groups -OCH3 is 1. The number of amides is 1. The number of anilines is 1. The van der Waals surface area contributed by atoms with E-state index in [1.54, 1.807) is 0 Å². The lowest BCUT2D eigenvalue weighted by Crippen LogP contribution is -2.26. The topological polar surface area (TPSA) is 98.5 Å². The molecule has 0 bridgehead atoms. The molecule has 0 spiro atoms. The first kappa shape index (κ1) is 20.8. The van der Waals surface area contributed by atoms with Gasteiger partial charge in [0.05, 0.1) is 22.6 Å². The maximum Gasteiger partial charge on any atom is 0.265 e. The molecule has 8 heteroatoms. The number of aryl methyl sites for hydroxylation is 1. The lowest BCUT2D eigenvalue weighted by Gasteiger charge is -2.33. The van der Waals surface area contributed by atoms with Crippen molar-refractivity contribution in [1.82, 2.24) is 0 Å². The van der Waals surface area contributed by atoms with Crippen molar-refractivity contribution in [3.8, 4) is 5.75 Å². The van der Waals surface area contributed by atoms with Crippen molar-refractivity contribution < 1.29 is 17.9 Å². The zero-order valence-electron chi connectivity index (χ0n) is 16.5. The smallest absolute Gasteiger partial charge is 0.265 e. The minimum absolute atomic E-state index is 0.0814. The Bertz CT molecular complexity index is 1000. The fourth-order valence-electron chi connectivity index (χ4n) is 3.52. The molecule has 1 heterocycles. The molecular formula is C20H26N2O4S2. The Balaban J connectivity index is 1.84. The molecule has 2 aromatic rings. The first-order valence-corrected chi connectivity index (χ1v) is 11.5. The van der Waals surface area contributed by atoms with Crippen LogP contribution >= 0.6 is 11.3 Å². The summed E-state index contributed by atoms with van der Waals surface area (Å²) in [6, 6.07) is 6.10. The lowest BCUT2D eigenvalue weighted by molar-refractivity contribution is 0.103. The van der Waals surface area contributed by atoms with Gasteiger partial charge in [-0.1, -0.05) is 20.8 Å². The van der Waals surface area contributed by atoms with Crippen molar-refractivity contribution in [3.05, 3.63) is 39.6 Å². The number of carbonyl (C=O) groups excluding carboxylic acids is 1. The largest absolute Gasteiger partial charge is 0.495 e. The Labute approximate surface area is 170 Å². The summed E-state index contributed by atoms with van der Waals surface area (Å²) in [4.78, 5) is 14.6. The monoisotopic (exact) mass is 422 g/mol. The minimum atomic E-state index is -3.88. The van der Waals surface area contributed by atoms with Gasteiger partial charge in [-0.3, -0.25) is 4.79 Å². The molecule has 1 aliphatic rings. The van der Waals surface area contributed by atoms with Crippen molar-refractivity contribution in [2.45, 2.75) is 44.9 Å². The number of sulfonamides is 1. The van der Waals surface area contributed by atoms with Crippen LogP contribution in [0.25, 0.3) is 0 Å². The predicted octanol–water partition coefficient (Wildman–Crippen LogP) is 3.81. The number of ether oxygens (including phenoxy) is 1. The van der Waals surface area contributed by atoms with Gasteiger partial charge >= 0.3 is 0 Å². The molecule has 1 atom stereocenters. The van der Waals surface area contributed by atoms with Gasteiger partial charge in [0.1, 0.15) is 5.75 Å². The van der Waals surface area contributed by atoms with Crippen molar-refractivity contribution >= 4 is 33.0 Å². The highest BCUT2D eigenvalue weighted by atomic mass is 32.2. The number of thiophene rings is 1. The molecule has 1 aromatic heterocycles. The van der Waals surface area contributed by atoms with E-state index >= 15 is 0 Å². The van der Waals surface area contributed by atoms with Crippen LogP contribution in [0.5, 0.6) is 5.75 Å². The fraction of sp³-hybridized carbons (Fsp3) is 0.450. The van der Waals surface area contributed by atoms with E-state index in [1.807, 2.05) is 6.07 Å². The summed E-state index contributed by atoms with van der Waals surface area (Å²) in [6.07, 6.45) is 3.09. The number of primary sulfonamides is 1. The molecule has 152 valence electrons. The fourth-order valence-corrected chi connectivity index (χ4v) is 5.16. The maximum atomic E-state index is 12.8. The highest BCUT2D eigenvalue weighted by molar-refractivity contribution is 7.89. The molecule has 0 saturated heterocycles. The molecule has 1 amide bonds. The van der Waals surface area contributed by atoms with Crippen LogP contribution in [0.2, 0.25) is 0 Å². The predicted molar refractivity (Wildman–Crippen MR) is 112 cm³/mol. The minimum Gasteiger partial charge on any atom is -0.495 e. The highest BCUT2D eigenvalue weighted by Crippen LogP contribution is 2.40. The number of rotatable bonds is 4. The van der Waals surface area contributed by atoms with E-state index in [2.05, 4.69) is 26.1 Å². The summed E-state index contributed by atoms with van der Waals surface area (Å²) in [5.74, 6) is 0.684. The summed E-state index contributed by atoms with van der Waals surface area (Å²) in [7, 11) is -2.42. The molecule has 1 aliphatic carbocycles. The average Bonchev–Trinajstić information content (AvgIpc) is 3.03. The number of nitrogens with one attached hydrogen (secondary N) is 1. The molecule has 0 aliphatic heterocycles. The van der Waals surface area contributed by atoms with E-state index in [0.29, 0.717) is 16.5 Å². The third-order valence-electron chi connectivity index (χ3n) is 5.28. The standard InChI is InChI=1S/C20H26N2O4S2/c1-20(2,3)13-5-8-17-12(9-13)10-18(27-17)19(23)22-15-11-14(28(21,24)25)6-7-16(15)26-4/h6-7,10-11,13H,5,8-9H2,1-4H3,(H,22,23)(H2,21,24,25)/t13-/m0/s1.